The summed E-state index contributed by atoms with van der Waals surface area (Å²) in [6.07, 6.45) is 3.99. The highest BCUT2D eigenvalue weighted by Gasteiger charge is 2.23. The fraction of sp³-hybridized carbons (Fsp3) is 0.400. The Balaban J connectivity index is 1.55. The highest BCUT2D eigenvalue weighted by atomic mass is 35.5. The van der Waals surface area contributed by atoms with Crippen LogP contribution < -0.4 is 11.2 Å². The lowest BCUT2D eigenvalue weighted by Gasteiger charge is -2.17. The number of unbranched alkanes of at least 4 members (excludes halogenated alkanes) is 1. The molecule has 13 heteroatoms. The number of carbonyl (C=O) groups is 1. The Morgan fingerprint density at radius 3 is 2.53 bits per heavy atom. The SMILES string of the molecule is CCCCc1nc(Cl)c(COC(=O)C(CCC)N=C(N)NN(C)C)n1Cc1ccc(-c2ccccc2-c2nn[nH]n2)cc1. The topological polar surface area (TPSA) is 152 Å². The second kappa shape index (κ2) is 15.3. The number of aromatic amines is 1. The van der Waals surface area contributed by atoms with Crippen molar-refractivity contribution >= 4 is 23.5 Å². The summed E-state index contributed by atoms with van der Waals surface area (Å²) in [6.45, 7) is 4.61. The smallest absolute Gasteiger partial charge is 0.331 e. The van der Waals surface area contributed by atoms with Crippen LogP contribution in [0.2, 0.25) is 5.15 Å². The molecule has 1 atom stereocenters. The zero-order valence-electron chi connectivity index (χ0n) is 25.0. The van der Waals surface area contributed by atoms with Crippen LogP contribution in [-0.2, 0) is 29.1 Å². The molecule has 228 valence electrons. The van der Waals surface area contributed by atoms with E-state index in [1.54, 1.807) is 19.1 Å². The number of hydrogen-bond donors (Lipinski definition) is 3. The van der Waals surface area contributed by atoms with Crippen LogP contribution in [-0.4, -0.2) is 67.3 Å². The van der Waals surface area contributed by atoms with Gasteiger partial charge in [0.1, 0.15) is 12.4 Å². The number of benzene rings is 2. The summed E-state index contributed by atoms with van der Waals surface area (Å²) in [5, 5.41) is 16.5. The fourth-order valence-corrected chi connectivity index (χ4v) is 4.96. The number of H-pyrrole nitrogens is 1. The number of carbonyl (C=O) groups excluding carboxylic acids is 1. The van der Waals surface area contributed by atoms with E-state index < -0.39 is 12.0 Å². The van der Waals surface area contributed by atoms with Crippen molar-refractivity contribution in [3.8, 4) is 22.5 Å². The maximum Gasteiger partial charge on any atom is 0.331 e. The number of aryl methyl sites for hydroxylation is 1. The second-order valence-corrected chi connectivity index (χ2v) is 10.7. The van der Waals surface area contributed by atoms with Gasteiger partial charge in [-0.3, -0.25) is 5.43 Å². The third kappa shape index (κ3) is 8.39. The number of nitrogens with two attached hydrogens (primary N) is 1. The van der Waals surface area contributed by atoms with Gasteiger partial charge in [0, 0.05) is 32.6 Å². The molecule has 0 aliphatic carbocycles. The van der Waals surface area contributed by atoms with Gasteiger partial charge in [0.2, 0.25) is 11.8 Å². The van der Waals surface area contributed by atoms with Crippen LogP contribution in [0.4, 0.5) is 0 Å². The Hall–Kier alpha value is -4.29. The summed E-state index contributed by atoms with van der Waals surface area (Å²) in [4.78, 5) is 22.0. The molecule has 2 heterocycles. The summed E-state index contributed by atoms with van der Waals surface area (Å²) in [5.74, 6) is 1.07. The number of guanidine groups is 1. The zero-order chi connectivity index (χ0) is 30.8. The maximum atomic E-state index is 13.1. The third-order valence-corrected chi connectivity index (χ3v) is 7.10. The van der Waals surface area contributed by atoms with Crippen LogP contribution in [0.5, 0.6) is 0 Å². The number of halogens is 1. The largest absolute Gasteiger partial charge is 0.458 e. The molecule has 2 aromatic heterocycles. The van der Waals surface area contributed by atoms with Crippen molar-refractivity contribution < 1.29 is 9.53 Å². The van der Waals surface area contributed by atoms with Crippen molar-refractivity contribution in [1.82, 2.24) is 40.6 Å². The van der Waals surface area contributed by atoms with Gasteiger partial charge in [0.15, 0.2) is 11.2 Å². The first-order chi connectivity index (χ1) is 20.8. The summed E-state index contributed by atoms with van der Waals surface area (Å²) in [6, 6.07) is 15.5. The Morgan fingerprint density at radius 1 is 1.14 bits per heavy atom. The van der Waals surface area contributed by atoms with Crippen molar-refractivity contribution in [1.29, 1.82) is 0 Å². The molecule has 0 spiro atoms. The van der Waals surface area contributed by atoms with Crippen molar-refractivity contribution in [3.63, 3.8) is 0 Å². The minimum Gasteiger partial charge on any atom is -0.458 e. The van der Waals surface area contributed by atoms with Crippen LogP contribution in [0.25, 0.3) is 22.5 Å². The van der Waals surface area contributed by atoms with E-state index in [1.807, 2.05) is 35.8 Å². The monoisotopic (exact) mass is 606 g/mol. The molecule has 0 aliphatic rings. The van der Waals surface area contributed by atoms with Gasteiger partial charge in [-0.2, -0.15) is 5.21 Å². The minimum absolute atomic E-state index is 0.0241. The fourth-order valence-electron chi connectivity index (χ4n) is 4.70. The van der Waals surface area contributed by atoms with Gasteiger partial charge in [-0.15, -0.1) is 10.2 Å². The van der Waals surface area contributed by atoms with E-state index in [0.717, 1.165) is 53.8 Å². The molecule has 0 aliphatic heterocycles. The summed E-state index contributed by atoms with van der Waals surface area (Å²) >= 11 is 6.63. The number of tetrazole rings is 1. The lowest BCUT2D eigenvalue weighted by atomic mass is 9.98. The number of ether oxygens (including phenoxy) is 1. The van der Waals surface area contributed by atoms with Gasteiger partial charge in [-0.05, 0) is 34.7 Å². The van der Waals surface area contributed by atoms with Gasteiger partial charge in [-0.25, -0.2) is 19.8 Å². The molecular formula is C30H39ClN10O2. The highest BCUT2D eigenvalue weighted by molar-refractivity contribution is 6.30. The molecule has 1 unspecified atom stereocenters. The number of aliphatic imine (C=N–C) groups is 1. The predicted molar refractivity (Wildman–Crippen MR) is 167 cm³/mol. The molecule has 4 aromatic rings. The number of hydrazine groups is 1. The summed E-state index contributed by atoms with van der Waals surface area (Å²) in [5.41, 5.74) is 13.4. The molecule has 2 aromatic carbocycles. The van der Waals surface area contributed by atoms with Crippen molar-refractivity contribution in [2.75, 3.05) is 14.1 Å². The van der Waals surface area contributed by atoms with Gasteiger partial charge in [0.25, 0.3) is 0 Å². The van der Waals surface area contributed by atoms with Crippen LogP contribution in [0.15, 0.2) is 53.5 Å². The second-order valence-electron chi connectivity index (χ2n) is 10.4. The Morgan fingerprint density at radius 2 is 1.88 bits per heavy atom. The van der Waals surface area contributed by atoms with E-state index in [4.69, 9.17) is 22.1 Å². The number of esters is 1. The van der Waals surface area contributed by atoms with Crippen LogP contribution in [0.3, 0.4) is 0 Å². The van der Waals surface area contributed by atoms with E-state index in [0.29, 0.717) is 29.6 Å². The third-order valence-electron chi connectivity index (χ3n) is 6.79. The molecule has 0 saturated carbocycles. The number of imidazole rings is 1. The minimum atomic E-state index is -0.727. The molecule has 4 rings (SSSR count). The lowest BCUT2D eigenvalue weighted by Crippen LogP contribution is -2.42. The number of nitrogens with zero attached hydrogens (tertiary/aromatic N) is 7. The number of hydrogen-bond acceptors (Lipinski definition) is 8. The molecule has 0 radical (unpaired) electrons. The molecule has 0 bridgehead atoms. The molecule has 12 nitrogen and oxygen atoms in total. The average Bonchev–Trinajstić information content (AvgIpc) is 3.63. The molecular weight excluding hydrogens is 568 g/mol. The Labute approximate surface area is 256 Å². The van der Waals surface area contributed by atoms with E-state index in [9.17, 15) is 4.79 Å². The van der Waals surface area contributed by atoms with Crippen molar-refractivity contribution in [3.05, 3.63) is 70.8 Å². The van der Waals surface area contributed by atoms with Crippen LogP contribution in [0, 0.1) is 0 Å². The van der Waals surface area contributed by atoms with Gasteiger partial charge in [0.05, 0.1) is 5.69 Å². The number of nitrogens with one attached hydrogen (secondary N) is 2. The lowest BCUT2D eigenvalue weighted by molar-refractivity contribution is -0.146. The molecule has 4 N–H and O–H groups in total. The highest BCUT2D eigenvalue weighted by Crippen LogP contribution is 2.30. The van der Waals surface area contributed by atoms with Crippen LogP contribution >= 0.6 is 11.6 Å². The zero-order valence-corrected chi connectivity index (χ0v) is 25.8. The average molecular weight is 607 g/mol. The van der Waals surface area contributed by atoms with E-state index >= 15 is 0 Å². The summed E-state index contributed by atoms with van der Waals surface area (Å²) < 4.78 is 7.79. The van der Waals surface area contributed by atoms with E-state index in [1.165, 1.54) is 0 Å². The molecule has 0 fully saturated rings. The standard InChI is InChI=1S/C30H39ClN10O2/c1-5-7-13-26-34-27(31)25(19-43-29(42)24(10-6-2)33-30(32)37-40(3)4)41(26)18-20-14-16-21(17-15-20)22-11-8-9-12-23(22)28-35-38-39-36-28/h8-9,11-12,14-17,24H,5-7,10,13,18-19H2,1-4H3,(H3,32,33,37)(H,35,36,38,39). The van der Waals surface area contributed by atoms with Crippen molar-refractivity contribution in [2.24, 2.45) is 10.7 Å². The van der Waals surface area contributed by atoms with E-state index in [-0.39, 0.29) is 12.6 Å². The molecule has 0 amide bonds. The first-order valence-corrected chi connectivity index (χ1v) is 14.8. The molecule has 43 heavy (non-hydrogen) atoms. The predicted octanol–water partition coefficient (Wildman–Crippen LogP) is 4.37. The van der Waals surface area contributed by atoms with Crippen LogP contribution in [0.1, 0.15) is 56.6 Å². The first kappa shape index (κ1) is 31.6. The number of rotatable bonds is 14. The Kier molecular flexibility index (Phi) is 11.2. The quantitative estimate of drug-likeness (QED) is 0.0822. The molecule has 0 saturated heterocycles. The first-order valence-electron chi connectivity index (χ1n) is 14.4. The Bertz CT molecular complexity index is 1500. The summed E-state index contributed by atoms with van der Waals surface area (Å²) in [7, 11) is 3.58. The number of aromatic nitrogens is 6. The van der Waals surface area contributed by atoms with Gasteiger partial charge in [-0.1, -0.05) is 86.8 Å². The maximum absolute atomic E-state index is 13.1. The normalized spacial score (nSPS) is 12.5. The van der Waals surface area contributed by atoms with Crippen molar-refractivity contribution in [2.45, 2.75) is 65.1 Å². The van der Waals surface area contributed by atoms with E-state index in [2.05, 4.69) is 67.2 Å². The van der Waals surface area contributed by atoms with Gasteiger partial charge < -0.3 is 15.0 Å². The van der Waals surface area contributed by atoms with Gasteiger partial charge >= 0.3 is 5.97 Å².